The Morgan fingerprint density at radius 3 is 2.59 bits per heavy atom. The van der Waals surface area contributed by atoms with E-state index in [9.17, 15) is 14.0 Å². The van der Waals surface area contributed by atoms with E-state index in [0.29, 0.717) is 30.5 Å². The van der Waals surface area contributed by atoms with E-state index in [-0.39, 0.29) is 28.8 Å². The maximum atomic E-state index is 13.7. The van der Waals surface area contributed by atoms with Crippen LogP contribution in [0.1, 0.15) is 38.5 Å². The number of fused-ring (bicyclic) bond motifs is 2. The first-order valence-electron chi connectivity index (χ1n) is 9.76. The summed E-state index contributed by atoms with van der Waals surface area (Å²) in [4.78, 5) is 27.0. The Bertz CT molecular complexity index is 745. The minimum absolute atomic E-state index is 0.0244. The molecule has 2 aliphatic carbocycles. The molecule has 0 spiro atoms. The van der Waals surface area contributed by atoms with Gasteiger partial charge in [-0.3, -0.25) is 9.59 Å². The number of nitrogens with zero attached hydrogens (tertiary/aromatic N) is 1. The standard InChI is InChI=1S/C20H25ClFN3O2/c21-15-5-4-14(10-16(15)22)25-7-6-17(20(25)27)24-19(26)13-8-11-2-1-3-12(9-13)18(11)23/h4-5,10-13,17-18H,1-3,6-9,23H2,(H,24,26). The minimum Gasteiger partial charge on any atom is -0.344 e. The van der Waals surface area contributed by atoms with Gasteiger partial charge in [-0.2, -0.15) is 0 Å². The third-order valence-corrected chi connectivity index (χ3v) is 6.83. The fourth-order valence-electron chi connectivity index (χ4n) is 5.02. The molecular weight excluding hydrogens is 369 g/mol. The monoisotopic (exact) mass is 393 g/mol. The second kappa shape index (κ2) is 7.40. The first kappa shape index (κ1) is 18.7. The van der Waals surface area contributed by atoms with Crippen LogP contribution in [0.25, 0.3) is 0 Å². The highest BCUT2D eigenvalue weighted by atomic mass is 35.5. The molecule has 3 fully saturated rings. The Hall–Kier alpha value is -1.66. The Kier molecular flexibility index (Phi) is 5.12. The summed E-state index contributed by atoms with van der Waals surface area (Å²) in [7, 11) is 0. The normalized spacial score (nSPS) is 33.2. The average Bonchev–Trinajstić information content (AvgIpc) is 2.98. The maximum absolute atomic E-state index is 13.7. The zero-order valence-corrected chi connectivity index (χ0v) is 15.9. The highest BCUT2D eigenvalue weighted by molar-refractivity contribution is 6.30. The number of carbonyl (C=O) groups is 2. The second-order valence-electron chi connectivity index (χ2n) is 8.13. The van der Waals surface area contributed by atoms with Crippen molar-refractivity contribution in [3.8, 4) is 0 Å². The molecule has 1 aromatic rings. The van der Waals surface area contributed by atoms with Crippen LogP contribution in [0.2, 0.25) is 5.02 Å². The lowest BCUT2D eigenvalue weighted by Crippen LogP contribution is -2.51. The highest BCUT2D eigenvalue weighted by Gasteiger charge is 2.42. The molecule has 7 heteroatoms. The van der Waals surface area contributed by atoms with E-state index in [2.05, 4.69) is 5.32 Å². The van der Waals surface area contributed by atoms with E-state index in [1.54, 1.807) is 6.07 Å². The molecule has 0 aromatic heterocycles. The molecule has 3 N–H and O–H groups in total. The number of rotatable bonds is 3. The van der Waals surface area contributed by atoms with Crippen molar-refractivity contribution < 1.29 is 14.0 Å². The molecule has 3 aliphatic rings. The van der Waals surface area contributed by atoms with Gasteiger partial charge in [0.2, 0.25) is 11.8 Å². The van der Waals surface area contributed by atoms with E-state index >= 15 is 0 Å². The number of carbonyl (C=O) groups excluding carboxylic acids is 2. The zero-order valence-electron chi connectivity index (χ0n) is 15.2. The van der Waals surface area contributed by atoms with Crippen LogP contribution in [0.4, 0.5) is 10.1 Å². The van der Waals surface area contributed by atoms with E-state index in [1.807, 2.05) is 0 Å². The molecule has 2 saturated carbocycles. The van der Waals surface area contributed by atoms with Crippen LogP contribution >= 0.6 is 11.6 Å². The van der Waals surface area contributed by atoms with Crippen LogP contribution in [0, 0.1) is 23.6 Å². The Morgan fingerprint density at radius 1 is 1.22 bits per heavy atom. The largest absolute Gasteiger partial charge is 0.344 e. The quantitative estimate of drug-likeness (QED) is 0.829. The zero-order chi connectivity index (χ0) is 19.1. The van der Waals surface area contributed by atoms with Crippen molar-refractivity contribution in [1.29, 1.82) is 0 Å². The Morgan fingerprint density at radius 2 is 1.93 bits per heavy atom. The number of benzene rings is 1. The predicted octanol–water partition coefficient (Wildman–Crippen LogP) is 2.85. The lowest BCUT2D eigenvalue weighted by Gasteiger charge is -2.43. The summed E-state index contributed by atoms with van der Waals surface area (Å²) in [6.45, 7) is 0.450. The van der Waals surface area contributed by atoms with Crippen molar-refractivity contribution in [3.63, 3.8) is 0 Å². The molecular formula is C20H25ClFN3O2. The Balaban J connectivity index is 1.39. The van der Waals surface area contributed by atoms with Crippen molar-refractivity contribution >= 4 is 29.1 Å². The third-order valence-electron chi connectivity index (χ3n) is 6.52. The van der Waals surface area contributed by atoms with Crippen LogP contribution in [-0.2, 0) is 9.59 Å². The van der Waals surface area contributed by atoms with E-state index in [1.165, 1.54) is 23.5 Å². The number of nitrogens with one attached hydrogen (secondary N) is 1. The highest BCUT2D eigenvalue weighted by Crippen LogP contribution is 2.42. The molecule has 27 heavy (non-hydrogen) atoms. The molecule has 3 unspecified atom stereocenters. The van der Waals surface area contributed by atoms with Crippen LogP contribution in [0.5, 0.6) is 0 Å². The number of amides is 2. The van der Waals surface area contributed by atoms with Gasteiger partial charge in [0.1, 0.15) is 11.9 Å². The molecule has 1 aliphatic heterocycles. The van der Waals surface area contributed by atoms with Gasteiger partial charge in [0.25, 0.3) is 0 Å². The average molecular weight is 394 g/mol. The molecule has 1 aromatic carbocycles. The van der Waals surface area contributed by atoms with Gasteiger partial charge >= 0.3 is 0 Å². The molecule has 3 atom stereocenters. The van der Waals surface area contributed by atoms with Gasteiger partial charge in [-0.25, -0.2) is 4.39 Å². The number of hydrogen-bond donors (Lipinski definition) is 2. The molecule has 1 heterocycles. The fraction of sp³-hybridized carbons (Fsp3) is 0.600. The number of hydrogen-bond acceptors (Lipinski definition) is 3. The summed E-state index contributed by atoms with van der Waals surface area (Å²) in [6, 6.07) is 3.98. The topological polar surface area (TPSA) is 75.4 Å². The molecule has 1 saturated heterocycles. The van der Waals surface area contributed by atoms with Crippen molar-refractivity contribution in [3.05, 3.63) is 29.0 Å². The molecule has 2 bridgehead atoms. The van der Waals surface area contributed by atoms with E-state index in [0.717, 1.165) is 25.7 Å². The number of halogens is 2. The lowest BCUT2D eigenvalue weighted by atomic mass is 9.65. The predicted molar refractivity (Wildman–Crippen MR) is 102 cm³/mol. The van der Waals surface area contributed by atoms with Crippen molar-refractivity contribution in [2.45, 2.75) is 50.6 Å². The lowest BCUT2D eigenvalue weighted by molar-refractivity contribution is -0.131. The summed E-state index contributed by atoms with van der Waals surface area (Å²) < 4.78 is 13.7. The van der Waals surface area contributed by atoms with Gasteiger partial charge in [-0.05, 0) is 62.1 Å². The van der Waals surface area contributed by atoms with Crippen LogP contribution in [0.15, 0.2) is 18.2 Å². The van der Waals surface area contributed by atoms with Crippen molar-refractivity contribution in [2.75, 3.05) is 11.4 Å². The van der Waals surface area contributed by atoms with Gasteiger partial charge < -0.3 is 16.0 Å². The number of nitrogens with two attached hydrogens (primary N) is 1. The van der Waals surface area contributed by atoms with E-state index in [4.69, 9.17) is 17.3 Å². The first-order chi connectivity index (χ1) is 12.9. The van der Waals surface area contributed by atoms with Crippen LogP contribution in [-0.4, -0.2) is 30.4 Å². The summed E-state index contributed by atoms with van der Waals surface area (Å²) in [6.07, 6.45) is 5.55. The molecule has 146 valence electrons. The first-order valence-corrected chi connectivity index (χ1v) is 10.1. The van der Waals surface area contributed by atoms with Crippen LogP contribution < -0.4 is 16.0 Å². The molecule has 0 radical (unpaired) electrons. The van der Waals surface area contributed by atoms with Gasteiger partial charge in [-0.15, -0.1) is 0 Å². The van der Waals surface area contributed by atoms with Gasteiger partial charge in [-0.1, -0.05) is 18.0 Å². The second-order valence-corrected chi connectivity index (χ2v) is 8.54. The SMILES string of the molecule is NC1C2CCCC1CC(C(=O)NC1CCN(c3ccc(Cl)c(F)c3)C1=O)C2. The molecule has 2 amide bonds. The van der Waals surface area contributed by atoms with Gasteiger partial charge in [0.05, 0.1) is 5.02 Å². The van der Waals surface area contributed by atoms with Crippen molar-refractivity contribution in [2.24, 2.45) is 23.5 Å². The maximum Gasteiger partial charge on any atom is 0.249 e. The summed E-state index contributed by atoms with van der Waals surface area (Å²) in [5, 5.41) is 2.96. The molecule has 4 rings (SSSR count). The Labute approximate surface area is 163 Å². The van der Waals surface area contributed by atoms with Gasteiger partial charge in [0, 0.05) is 24.2 Å². The summed E-state index contributed by atoms with van der Waals surface area (Å²) in [5.41, 5.74) is 6.77. The van der Waals surface area contributed by atoms with Crippen LogP contribution in [0.3, 0.4) is 0 Å². The minimum atomic E-state index is -0.556. The molecule has 5 nitrogen and oxygen atoms in total. The van der Waals surface area contributed by atoms with Gasteiger partial charge in [0.15, 0.2) is 0 Å². The van der Waals surface area contributed by atoms with Crippen molar-refractivity contribution in [1.82, 2.24) is 5.32 Å². The summed E-state index contributed by atoms with van der Waals surface area (Å²) >= 11 is 5.71. The number of anilines is 1. The summed E-state index contributed by atoms with van der Waals surface area (Å²) in [5.74, 6) is -0.0179. The fourth-order valence-corrected chi connectivity index (χ4v) is 5.13. The smallest absolute Gasteiger partial charge is 0.249 e. The third kappa shape index (κ3) is 3.57. The van der Waals surface area contributed by atoms with E-state index < -0.39 is 11.9 Å².